The quantitative estimate of drug-likeness (QED) is 0.823. The number of aryl methyl sites for hydroxylation is 2. The van der Waals surface area contributed by atoms with Crippen LogP contribution >= 0.6 is 27.5 Å². The first-order chi connectivity index (χ1) is 8.99. The van der Waals surface area contributed by atoms with Crippen LogP contribution in [0.5, 0.6) is 0 Å². The minimum absolute atomic E-state index is 0.212. The lowest BCUT2D eigenvalue weighted by atomic mass is 10.1. The highest BCUT2D eigenvalue weighted by Gasteiger charge is 2.12. The predicted molar refractivity (Wildman–Crippen MR) is 83.0 cm³/mol. The molecule has 2 nitrogen and oxygen atoms in total. The van der Waals surface area contributed by atoms with Crippen LogP contribution in [-0.2, 0) is 0 Å². The molecule has 2 aromatic carbocycles. The molecule has 1 N–H and O–H groups in total. The fraction of sp³-hybridized carbons (Fsp3) is 0.133. The largest absolute Gasteiger partial charge is 0.321 e. The lowest BCUT2D eigenvalue weighted by Crippen LogP contribution is -2.13. The fourth-order valence-electron chi connectivity index (χ4n) is 1.74. The van der Waals surface area contributed by atoms with E-state index >= 15 is 0 Å². The van der Waals surface area contributed by atoms with Crippen molar-refractivity contribution in [3.8, 4) is 0 Å². The Hall–Kier alpha value is -1.32. The Morgan fingerprint density at radius 1 is 1.21 bits per heavy atom. The second-order valence-corrected chi connectivity index (χ2v) is 5.57. The van der Waals surface area contributed by atoms with Crippen LogP contribution in [0.3, 0.4) is 0 Å². The van der Waals surface area contributed by atoms with E-state index in [9.17, 15) is 4.79 Å². The van der Waals surface area contributed by atoms with Gasteiger partial charge in [-0.3, -0.25) is 4.79 Å². The number of halogens is 2. The standard InChI is InChI=1S/C15H13BrClNO/c1-9-6-7-11(12(17)8-9)15(19)18-13-5-3-4-10(2)14(13)16/h3-8H,1-2H3,(H,18,19). The van der Waals surface area contributed by atoms with Crippen LogP contribution in [0.15, 0.2) is 40.9 Å². The molecule has 0 spiro atoms. The van der Waals surface area contributed by atoms with Gasteiger partial charge in [0.25, 0.3) is 5.91 Å². The summed E-state index contributed by atoms with van der Waals surface area (Å²) in [4.78, 5) is 12.2. The molecule has 0 saturated heterocycles. The van der Waals surface area contributed by atoms with E-state index in [1.54, 1.807) is 12.1 Å². The van der Waals surface area contributed by atoms with E-state index in [0.717, 1.165) is 21.3 Å². The molecule has 98 valence electrons. The maximum absolute atomic E-state index is 12.2. The van der Waals surface area contributed by atoms with Crippen molar-refractivity contribution >= 4 is 39.1 Å². The number of rotatable bonds is 2. The van der Waals surface area contributed by atoms with Gasteiger partial charge in [-0.15, -0.1) is 0 Å². The Morgan fingerprint density at radius 2 is 1.95 bits per heavy atom. The number of nitrogens with one attached hydrogen (secondary N) is 1. The summed E-state index contributed by atoms with van der Waals surface area (Å²) in [6, 6.07) is 11.1. The molecule has 0 unspecified atom stereocenters. The van der Waals surface area contributed by atoms with Crippen molar-refractivity contribution in [1.29, 1.82) is 0 Å². The molecule has 19 heavy (non-hydrogen) atoms. The molecule has 0 heterocycles. The smallest absolute Gasteiger partial charge is 0.257 e. The molecule has 2 rings (SSSR count). The summed E-state index contributed by atoms with van der Waals surface area (Å²) >= 11 is 9.55. The minimum Gasteiger partial charge on any atom is -0.321 e. The summed E-state index contributed by atoms with van der Waals surface area (Å²) in [7, 11) is 0. The molecule has 0 aromatic heterocycles. The van der Waals surface area contributed by atoms with Gasteiger partial charge < -0.3 is 5.32 Å². The summed E-state index contributed by atoms with van der Waals surface area (Å²) in [6.07, 6.45) is 0. The average molecular weight is 339 g/mol. The lowest BCUT2D eigenvalue weighted by molar-refractivity contribution is 0.102. The van der Waals surface area contributed by atoms with Gasteiger partial charge in [0.1, 0.15) is 0 Å². The van der Waals surface area contributed by atoms with E-state index < -0.39 is 0 Å². The van der Waals surface area contributed by atoms with Gasteiger partial charge in [-0.1, -0.05) is 29.8 Å². The number of benzene rings is 2. The van der Waals surface area contributed by atoms with Gasteiger partial charge in [-0.25, -0.2) is 0 Å². The van der Waals surface area contributed by atoms with E-state index in [2.05, 4.69) is 21.2 Å². The zero-order valence-corrected chi connectivity index (χ0v) is 13.0. The fourth-order valence-corrected chi connectivity index (χ4v) is 2.42. The van der Waals surface area contributed by atoms with Crippen LogP contribution in [0.1, 0.15) is 21.5 Å². The lowest BCUT2D eigenvalue weighted by Gasteiger charge is -2.10. The van der Waals surface area contributed by atoms with E-state index in [1.807, 2.05) is 38.1 Å². The van der Waals surface area contributed by atoms with Crippen molar-refractivity contribution in [1.82, 2.24) is 0 Å². The number of amides is 1. The molecule has 0 aliphatic heterocycles. The highest BCUT2D eigenvalue weighted by molar-refractivity contribution is 9.10. The van der Waals surface area contributed by atoms with Gasteiger partial charge in [0.15, 0.2) is 0 Å². The topological polar surface area (TPSA) is 29.1 Å². The van der Waals surface area contributed by atoms with Crippen LogP contribution in [0.2, 0.25) is 5.02 Å². The molecule has 0 aliphatic rings. The van der Waals surface area contributed by atoms with Crippen molar-refractivity contribution < 1.29 is 4.79 Å². The van der Waals surface area contributed by atoms with Crippen molar-refractivity contribution in [2.24, 2.45) is 0 Å². The second kappa shape index (κ2) is 5.76. The first-order valence-electron chi connectivity index (χ1n) is 5.81. The molecule has 0 fully saturated rings. The Kier molecular flexibility index (Phi) is 4.27. The maximum atomic E-state index is 12.2. The highest BCUT2D eigenvalue weighted by atomic mass is 79.9. The molecule has 0 bridgehead atoms. The van der Waals surface area contributed by atoms with Crippen molar-refractivity contribution in [2.75, 3.05) is 5.32 Å². The molecule has 0 saturated carbocycles. The number of anilines is 1. The van der Waals surface area contributed by atoms with Crippen molar-refractivity contribution in [3.05, 3.63) is 62.6 Å². The number of carbonyl (C=O) groups excluding carboxylic acids is 1. The van der Waals surface area contributed by atoms with Gasteiger partial charge in [0.2, 0.25) is 0 Å². The summed E-state index contributed by atoms with van der Waals surface area (Å²) in [5, 5.41) is 3.32. The van der Waals surface area contributed by atoms with Gasteiger partial charge in [-0.2, -0.15) is 0 Å². The Bertz CT molecular complexity index is 640. The Balaban J connectivity index is 2.28. The average Bonchev–Trinajstić information content (AvgIpc) is 2.34. The maximum Gasteiger partial charge on any atom is 0.257 e. The summed E-state index contributed by atoms with van der Waals surface area (Å²) in [5.74, 6) is -0.212. The van der Waals surface area contributed by atoms with Crippen molar-refractivity contribution in [3.63, 3.8) is 0 Å². The van der Waals surface area contributed by atoms with Gasteiger partial charge in [0.05, 0.1) is 16.3 Å². The number of hydrogen-bond donors (Lipinski definition) is 1. The van der Waals surface area contributed by atoms with E-state index in [0.29, 0.717) is 10.6 Å². The minimum atomic E-state index is -0.212. The van der Waals surface area contributed by atoms with Crippen LogP contribution in [0.25, 0.3) is 0 Å². The SMILES string of the molecule is Cc1ccc(C(=O)Nc2cccc(C)c2Br)c(Cl)c1. The molecule has 0 atom stereocenters. The van der Waals surface area contributed by atoms with Crippen LogP contribution in [0, 0.1) is 13.8 Å². The summed E-state index contributed by atoms with van der Waals surface area (Å²) in [5.41, 5.74) is 3.30. The third-order valence-electron chi connectivity index (χ3n) is 2.81. The van der Waals surface area contributed by atoms with Gasteiger partial charge in [0, 0.05) is 4.47 Å². The van der Waals surface area contributed by atoms with Crippen LogP contribution in [-0.4, -0.2) is 5.91 Å². The molecule has 4 heteroatoms. The molecule has 2 aromatic rings. The molecule has 0 aliphatic carbocycles. The molecular formula is C15H13BrClNO. The van der Waals surface area contributed by atoms with Gasteiger partial charge >= 0.3 is 0 Å². The second-order valence-electron chi connectivity index (χ2n) is 4.37. The normalized spacial score (nSPS) is 10.3. The van der Waals surface area contributed by atoms with E-state index in [-0.39, 0.29) is 5.91 Å². The van der Waals surface area contributed by atoms with Crippen LogP contribution < -0.4 is 5.32 Å². The number of hydrogen-bond acceptors (Lipinski definition) is 1. The monoisotopic (exact) mass is 337 g/mol. The zero-order valence-electron chi connectivity index (χ0n) is 10.6. The molecular weight excluding hydrogens is 326 g/mol. The van der Waals surface area contributed by atoms with Gasteiger partial charge in [-0.05, 0) is 59.1 Å². The summed E-state index contributed by atoms with van der Waals surface area (Å²) in [6.45, 7) is 3.91. The Morgan fingerprint density at radius 3 is 2.63 bits per heavy atom. The first kappa shape index (κ1) is 14.1. The zero-order chi connectivity index (χ0) is 14.0. The predicted octanol–water partition coefficient (Wildman–Crippen LogP) is 4.97. The molecule has 0 radical (unpaired) electrons. The van der Waals surface area contributed by atoms with E-state index in [1.165, 1.54) is 0 Å². The van der Waals surface area contributed by atoms with Crippen LogP contribution in [0.4, 0.5) is 5.69 Å². The highest BCUT2D eigenvalue weighted by Crippen LogP contribution is 2.27. The molecule has 1 amide bonds. The Labute approximate surface area is 125 Å². The third kappa shape index (κ3) is 3.17. The number of carbonyl (C=O) groups is 1. The third-order valence-corrected chi connectivity index (χ3v) is 4.17. The summed E-state index contributed by atoms with van der Waals surface area (Å²) < 4.78 is 0.881. The van der Waals surface area contributed by atoms with E-state index in [4.69, 9.17) is 11.6 Å². The van der Waals surface area contributed by atoms with Crippen molar-refractivity contribution in [2.45, 2.75) is 13.8 Å². The first-order valence-corrected chi connectivity index (χ1v) is 6.99.